The van der Waals surface area contributed by atoms with E-state index in [2.05, 4.69) is 40.5 Å². The van der Waals surface area contributed by atoms with E-state index in [0.29, 0.717) is 6.04 Å². The van der Waals surface area contributed by atoms with Crippen LogP contribution in [0.25, 0.3) is 5.65 Å². The monoisotopic (exact) mass is 346 g/mol. The highest BCUT2D eigenvalue weighted by Crippen LogP contribution is 2.23. The van der Waals surface area contributed by atoms with Gasteiger partial charge in [-0.05, 0) is 34.5 Å². The number of rotatable bonds is 3. The molecule has 1 aliphatic rings. The molecule has 4 rings (SSSR count). The van der Waals surface area contributed by atoms with Crippen LogP contribution in [0.2, 0.25) is 0 Å². The third kappa shape index (κ3) is 2.47. The molecule has 0 spiro atoms. The molecule has 0 saturated carbocycles. The molecule has 3 aromatic heterocycles. The van der Waals surface area contributed by atoms with Gasteiger partial charge in [0.1, 0.15) is 0 Å². The van der Waals surface area contributed by atoms with Crippen LogP contribution in [0.15, 0.2) is 41.3 Å². The lowest BCUT2D eigenvalue weighted by Gasteiger charge is -2.15. The van der Waals surface area contributed by atoms with E-state index in [1.165, 1.54) is 0 Å². The van der Waals surface area contributed by atoms with Gasteiger partial charge >= 0.3 is 0 Å². The average Bonchev–Trinajstić information content (AvgIpc) is 3.20. The van der Waals surface area contributed by atoms with Crippen LogP contribution in [0.5, 0.6) is 0 Å². The van der Waals surface area contributed by atoms with Gasteiger partial charge in [0.2, 0.25) is 0 Å². The first-order valence-electron chi connectivity index (χ1n) is 7.00. The summed E-state index contributed by atoms with van der Waals surface area (Å²) in [7, 11) is 0. The minimum Gasteiger partial charge on any atom is -0.294 e. The summed E-state index contributed by atoms with van der Waals surface area (Å²) in [5, 5.41) is 12.9. The number of hydrogen-bond acceptors (Lipinski definition) is 4. The molecule has 108 valence electrons. The number of fused-ring (bicyclic) bond motifs is 1. The molecular weight excluding hydrogens is 332 g/mol. The van der Waals surface area contributed by atoms with Gasteiger partial charge in [0.25, 0.3) is 0 Å². The molecule has 0 amide bonds. The Morgan fingerprint density at radius 2 is 2.24 bits per heavy atom. The Bertz CT molecular complexity index is 764. The molecule has 1 aliphatic heterocycles. The zero-order chi connectivity index (χ0) is 14.2. The van der Waals surface area contributed by atoms with Gasteiger partial charge in [0.15, 0.2) is 11.5 Å². The lowest BCUT2D eigenvalue weighted by molar-refractivity contribution is 0.303. The highest BCUT2D eigenvalue weighted by molar-refractivity contribution is 9.10. The summed E-state index contributed by atoms with van der Waals surface area (Å²) in [6.07, 6.45) is 7.02. The van der Waals surface area contributed by atoms with Gasteiger partial charge in [-0.25, -0.2) is 0 Å². The summed E-state index contributed by atoms with van der Waals surface area (Å²) in [6.45, 7) is 2.88. The summed E-state index contributed by atoms with van der Waals surface area (Å²) in [5.74, 6) is 0.993. The molecule has 0 aromatic carbocycles. The van der Waals surface area contributed by atoms with E-state index in [1.807, 2.05) is 41.5 Å². The number of likely N-dealkylation sites (tertiary alicyclic amines) is 1. The topological polar surface area (TPSA) is 51.2 Å². The summed E-state index contributed by atoms with van der Waals surface area (Å²) in [4.78, 5) is 2.41. The predicted octanol–water partition coefficient (Wildman–Crippen LogP) is 2.14. The van der Waals surface area contributed by atoms with Crippen molar-refractivity contribution in [1.82, 2.24) is 29.3 Å². The van der Waals surface area contributed by atoms with Gasteiger partial charge in [-0.3, -0.25) is 14.0 Å². The quantitative estimate of drug-likeness (QED) is 0.729. The maximum Gasteiger partial charge on any atom is 0.160 e. The summed E-state index contributed by atoms with van der Waals surface area (Å²) in [6, 6.07) is 6.41. The molecule has 0 N–H and O–H groups in total. The largest absolute Gasteiger partial charge is 0.294 e. The maximum atomic E-state index is 4.39. The molecule has 6 nitrogen and oxygen atoms in total. The van der Waals surface area contributed by atoms with Gasteiger partial charge in [-0.1, -0.05) is 6.07 Å². The molecular formula is C14H15BrN6. The van der Waals surface area contributed by atoms with Crippen LogP contribution in [0.1, 0.15) is 18.3 Å². The van der Waals surface area contributed by atoms with Crippen molar-refractivity contribution in [2.75, 3.05) is 13.1 Å². The van der Waals surface area contributed by atoms with Crippen molar-refractivity contribution < 1.29 is 0 Å². The third-order valence-corrected chi connectivity index (χ3v) is 4.35. The number of hydrogen-bond donors (Lipinski definition) is 0. The van der Waals surface area contributed by atoms with Crippen LogP contribution < -0.4 is 0 Å². The fraction of sp³-hybridized carbons (Fsp3) is 0.357. The minimum absolute atomic E-state index is 0.440. The van der Waals surface area contributed by atoms with E-state index in [4.69, 9.17) is 0 Å². The second kappa shape index (κ2) is 5.23. The zero-order valence-electron chi connectivity index (χ0n) is 11.4. The number of halogens is 1. The van der Waals surface area contributed by atoms with Gasteiger partial charge < -0.3 is 0 Å². The molecule has 7 heteroatoms. The molecule has 1 fully saturated rings. The number of pyridine rings is 1. The first kappa shape index (κ1) is 13.0. The van der Waals surface area contributed by atoms with Crippen molar-refractivity contribution in [2.24, 2.45) is 0 Å². The van der Waals surface area contributed by atoms with E-state index in [1.54, 1.807) is 0 Å². The average molecular weight is 347 g/mol. The lowest BCUT2D eigenvalue weighted by Crippen LogP contribution is -2.22. The highest BCUT2D eigenvalue weighted by atomic mass is 79.9. The van der Waals surface area contributed by atoms with E-state index < -0.39 is 0 Å². The van der Waals surface area contributed by atoms with E-state index >= 15 is 0 Å². The van der Waals surface area contributed by atoms with E-state index in [-0.39, 0.29) is 0 Å². The molecule has 3 aromatic rings. The van der Waals surface area contributed by atoms with Crippen molar-refractivity contribution in [3.63, 3.8) is 0 Å². The highest BCUT2D eigenvalue weighted by Gasteiger charge is 2.25. The lowest BCUT2D eigenvalue weighted by atomic mass is 10.3. The molecule has 0 radical (unpaired) electrons. The van der Waals surface area contributed by atoms with Gasteiger partial charge in [0.05, 0.1) is 23.3 Å². The van der Waals surface area contributed by atoms with Crippen molar-refractivity contribution in [2.45, 2.75) is 19.0 Å². The van der Waals surface area contributed by atoms with Gasteiger partial charge in [-0.2, -0.15) is 5.10 Å². The van der Waals surface area contributed by atoms with Crippen LogP contribution in [0.4, 0.5) is 0 Å². The molecule has 1 saturated heterocycles. The van der Waals surface area contributed by atoms with E-state index in [9.17, 15) is 0 Å². The number of aromatic nitrogens is 5. The van der Waals surface area contributed by atoms with Crippen LogP contribution in [-0.2, 0) is 6.54 Å². The molecule has 0 aliphatic carbocycles. The van der Waals surface area contributed by atoms with Crippen LogP contribution >= 0.6 is 15.9 Å². The van der Waals surface area contributed by atoms with Crippen LogP contribution in [0, 0.1) is 0 Å². The van der Waals surface area contributed by atoms with Crippen molar-refractivity contribution in [3.8, 4) is 0 Å². The third-order valence-electron chi connectivity index (χ3n) is 3.94. The fourth-order valence-corrected chi connectivity index (χ4v) is 3.19. The Morgan fingerprint density at radius 1 is 1.29 bits per heavy atom. The van der Waals surface area contributed by atoms with Crippen molar-refractivity contribution >= 4 is 21.6 Å². The zero-order valence-corrected chi connectivity index (χ0v) is 13.0. The molecule has 1 unspecified atom stereocenters. The predicted molar refractivity (Wildman–Crippen MR) is 81.8 cm³/mol. The smallest absolute Gasteiger partial charge is 0.160 e. The molecule has 1 atom stereocenters. The van der Waals surface area contributed by atoms with Crippen LogP contribution in [0.3, 0.4) is 0 Å². The summed E-state index contributed by atoms with van der Waals surface area (Å²) >= 11 is 3.45. The SMILES string of the molecule is Brc1cnn(C2CCN(Cc3nnc4ccccn34)C2)c1. The Labute approximate surface area is 130 Å². The second-order valence-electron chi connectivity index (χ2n) is 5.36. The van der Waals surface area contributed by atoms with Gasteiger partial charge in [-0.15, -0.1) is 10.2 Å². The Morgan fingerprint density at radius 3 is 3.10 bits per heavy atom. The van der Waals surface area contributed by atoms with Crippen molar-refractivity contribution in [1.29, 1.82) is 0 Å². The summed E-state index contributed by atoms with van der Waals surface area (Å²) < 4.78 is 5.13. The first-order valence-corrected chi connectivity index (χ1v) is 7.79. The number of nitrogens with zero attached hydrogens (tertiary/aromatic N) is 6. The second-order valence-corrected chi connectivity index (χ2v) is 6.28. The van der Waals surface area contributed by atoms with Crippen molar-refractivity contribution in [3.05, 3.63) is 47.1 Å². The van der Waals surface area contributed by atoms with Gasteiger partial charge in [0, 0.05) is 25.5 Å². The Hall–Kier alpha value is -1.73. The molecule has 0 bridgehead atoms. The maximum absolute atomic E-state index is 4.39. The Balaban J connectivity index is 1.49. The normalized spacial score (nSPS) is 19.6. The van der Waals surface area contributed by atoms with Crippen LogP contribution in [-0.4, -0.2) is 42.4 Å². The molecule has 21 heavy (non-hydrogen) atoms. The standard InChI is InChI=1S/C14H15BrN6/c15-11-7-16-21(8-11)12-4-6-19(9-12)10-14-18-17-13-3-1-2-5-20(13)14/h1-3,5,7-8,12H,4,6,9-10H2. The fourth-order valence-electron chi connectivity index (χ4n) is 2.89. The molecule has 4 heterocycles. The Kier molecular flexibility index (Phi) is 3.23. The summed E-state index contributed by atoms with van der Waals surface area (Å²) in [5.41, 5.74) is 0.902. The first-order chi connectivity index (χ1) is 10.3. The van der Waals surface area contributed by atoms with E-state index in [0.717, 1.165) is 42.0 Å². The minimum atomic E-state index is 0.440.